The number of fused-ring (bicyclic) bond motifs is 1. The first-order valence-corrected chi connectivity index (χ1v) is 13.5. The second kappa shape index (κ2) is 12.3. The van der Waals surface area contributed by atoms with Gasteiger partial charge in [-0.15, -0.1) is 0 Å². The van der Waals surface area contributed by atoms with Gasteiger partial charge in [0.25, 0.3) is 0 Å². The maximum atomic E-state index is 6.21. The zero-order chi connectivity index (χ0) is 28.7. The zero-order valence-corrected chi connectivity index (χ0v) is 23.2. The van der Waals surface area contributed by atoms with Crippen molar-refractivity contribution >= 4 is 68.4 Å². The Labute approximate surface area is 247 Å². The second-order valence-electron chi connectivity index (χ2n) is 9.31. The summed E-state index contributed by atoms with van der Waals surface area (Å²) in [5, 5.41) is 26.0. The van der Waals surface area contributed by atoms with Gasteiger partial charge in [-0.1, -0.05) is 48.5 Å². The molecule has 0 bridgehead atoms. The summed E-state index contributed by atoms with van der Waals surface area (Å²) in [5.74, 6) is 0.606. The molecule has 0 radical (unpaired) electrons. The van der Waals surface area contributed by atoms with Crippen LogP contribution in [0.3, 0.4) is 0 Å². The number of nitrogens with zero attached hydrogens (tertiary/aromatic N) is 7. The molecule has 0 amide bonds. The molecule has 1 heterocycles. The van der Waals surface area contributed by atoms with E-state index in [0.29, 0.717) is 17.6 Å². The topological polar surface area (TPSA) is 112 Å². The van der Waals surface area contributed by atoms with E-state index in [9.17, 15) is 0 Å². The molecule has 204 valence electrons. The van der Waals surface area contributed by atoms with Gasteiger partial charge in [0, 0.05) is 11.4 Å². The summed E-state index contributed by atoms with van der Waals surface area (Å²) in [6, 6.07) is 36.9. The number of benzene rings is 5. The highest BCUT2D eigenvalue weighted by Crippen LogP contribution is 2.27. The lowest BCUT2D eigenvalue weighted by molar-refractivity contribution is 1.06. The number of azo groups is 2. The maximum Gasteiger partial charge on any atom is 0.233 e. The van der Waals surface area contributed by atoms with Gasteiger partial charge >= 0.3 is 0 Å². The van der Waals surface area contributed by atoms with Crippen LogP contribution in [0.15, 0.2) is 136 Å². The van der Waals surface area contributed by atoms with Crippen LogP contribution in [0.5, 0.6) is 0 Å². The highest BCUT2D eigenvalue weighted by Gasteiger charge is 2.08. The summed E-state index contributed by atoms with van der Waals surface area (Å²) >= 11 is 6.21. The number of aryl methyl sites for hydroxylation is 1. The summed E-state index contributed by atoms with van der Waals surface area (Å²) in [5.41, 5.74) is 5.54. The van der Waals surface area contributed by atoms with Gasteiger partial charge in [-0.25, -0.2) is 0 Å². The molecule has 2 N–H and O–H groups in total. The first-order chi connectivity index (χ1) is 20.6. The van der Waals surface area contributed by atoms with Crippen molar-refractivity contribution in [2.75, 3.05) is 10.6 Å². The van der Waals surface area contributed by atoms with E-state index in [-0.39, 0.29) is 5.28 Å². The summed E-state index contributed by atoms with van der Waals surface area (Å²) in [4.78, 5) is 12.9. The highest BCUT2D eigenvalue weighted by atomic mass is 35.5. The van der Waals surface area contributed by atoms with Gasteiger partial charge in [0.05, 0.1) is 22.7 Å². The van der Waals surface area contributed by atoms with E-state index < -0.39 is 0 Å². The smallest absolute Gasteiger partial charge is 0.233 e. The fraction of sp³-hybridized carbons (Fsp3) is 0.0312. The molecule has 0 atom stereocenters. The Morgan fingerprint density at radius 2 is 1.10 bits per heavy atom. The Morgan fingerprint density at radius 3 is 1.83 bits per heavy atom. The minimum atomic E-state index is 0.0572. The van der Waals surface area contributed by atoms with E-state index in [2.05, 4.69) is 58.2 Å². The summed E-state index contributed by atoms with van der Waals surface area (Å²) in [6.45, 7) is 1.96. The van der Waals surface area contributed by atoms with Crippen LogP contribution in [0.25, 0.3) is 10.8 Å². The van der Waals surface area contributed by atoms with Crippen LogP contribution >= 0.6 is 11.6 Å². The van der Waals surface area contributed by atoms with Crippen molar-refractivity contribution < 1.29 is 0 Å². The zero-order valence-electron chi connectivity index (χ0n) is 22.5. The number of anilines is 4. The predicted octanol–water partition coefficient (Wildman–Crippen LogP) is 10.3. The van der Waals surface area contributed by atoms with Gasteiger partial charge in [-0.2, -0.15) is 35.4 Å². The number of halogens is 1. The van der Waals surface area contributed by atoms with Crippen molar-refractivity contribution in [2.45, 2.75) is 6.92 Å². The van der Waals surface area contributed by atoms with Crippen molar-refractivity contribution in [1.29, 1.82) is 0 Å². The van der Waals surface area contributed by atoms with Gasteiger partial charge in [0.2, 0.25) is 17.2 Å². The Hall–Kier alpha value is -5.54. The van der Waals surface area contributed by atoms with Crippen molar-refractivity contribution in [1.82, 2.24) is 15.0 Å². The molecule has 6 aromatic rings. The van der Waals surface area contributed by atoms with E-state index >= 15 is 0 Å². The molecule has 0 aliphatic carbocycles. The lowest BCUT2D eigenvalue weighted by Gasteiger charge is -2.10. The third-order valence-corrected chi connectivity index (χ3v) is 6.41. The summed E-state index contributed by atoms with van der Waals surface area (Å²) < 4.78 is 0. The molecule has 0 fully saturated rings. The van der Waals surface area contributed by atoms with E-state index in [4.69, 9.17) is 11.6 Å². The van der Waals surface area contributed by atoms with Gasteiger partial charge in [0.15, 0.2) is 0 Å². The van der Waals surface area contributed by atoms with Crippen LogP contribution in [-0.2, 0) is 0 Å². The van der Waals surface area contributed by atoms with Crippen LogP contribution < -0.4 is 10.6 Å². The molecule has 0 unspecified atom stereocenters. The monoisotopic (exact) mass is 569 g/mol. The third-order valence-electron chi connectivity index (χ3n) is 6.24. The van der Waals surface area contributed by atoms with Crippen LogP contribution in [0.4, 0.5) is 46.0 Å². The van der Waals surface area contributed by atoms with Crippen LogP contribution in [0, 0.1) is 6.92 Å². The number of hydrogen-bond acceptors (Lipinski definition) is 9. The Balaban J connectivity index is 1.11. The summed E-state index contributed by atoms with van der Waals surface area (Å²) in [7, 11) is 0. The fourth-order valence-electron chi connectivity index (χ4n) is 4.14. The van der Waals surface area contributed by atoms with Crippen molar-refractivity contribution in [2.24, 2.45) is 20.5 Å². The van der Waals surface area contributed by atoms with Gasteiger partial charge < -0.3 is 10.6 Å². The SMILES string of the molecule is Cc1cc(N=Nc2ccccc2)ccc1Nc1nc(Cl)nc(Nc2ccc(N=Nc3ccc4ccccc4c3)cc2)n1. The molecule has 6 rings (SSSR count). The standard InChI is InChI=1S/C32H24ClN9/c1-21-19-27(41-39-25-9-3-2-4-10-25)17-18-29(21)35-32-37-30(33)36-31(38-32)34-24-13-15-26(16-14-24)40-42-28-12-11-22-7-5-6-8-23(22)20-28/h2-20H,1H3,(H2,34,35,36,37,38). The van der Waals surface area contributed by atoms with Crippen LogP contribution in [0.2, 0.25) is 5.28 Å². The number of aromatic nitrogens is 3. The molecule has 0 aliphatic heterocycles. The van der Waals surface area contributed by atoms with Gasteiger partial charge in [-0.05, 0) is 102 Å². The predicted molar refractivity (Wildman–Crippen MR) is 168 cm³/mol. The quantitative estimate of drug-likeness (QED) is 0.177. The average molecular weight is 570 g/mol. The molecule has 0 saturated heterocycles. The van der Waals surface area contributed by atoms with Crippen LogP contribution in [-0.4, -0.2) is 15.0 Å². The molecule has 0 saturated carbocycles. The Bertz CT molecular complexity index is 1910. The molecule has 9 nitrogen and oxygen atoms in total. The molecule has 5 aromatic carbocycles. The second-order valence-corrected chi connectivity index (χ2v) is 9.65. The number of hydrogen-bond donors (Lipinski definition) is 2. The molecule has 42 heavy (non-hydrogen) atoms. The molecular formula is C32H24ClN9. The van der Waals surface area contributed by atoms with E-state index in [1.807, 2.05) is 110 Å². The minimum absolute atomic E-state index is 0.0572. The Kier molecular flexibility index (Phi) is 7.82. The normalized spacial score (nSPS) is 11.4. The minimum Gasteiger partial charge on any atom is -0.324 e. The third kappa shape index (κ3) is 6.78. The lowest BCUT2D eigenvalue weighted by Crippen LogP contribution is -2.04. The molecule has 0 aliphatic rings. The van der Waals surface area contributed by atoms with E-state index in [0.717, 1.165) is 39.4 Å². The number of rotatable bonds is 8. The molecular weight excluding hydrogens is 546 g/mol. The van der Waals surface area contributed by atoms with Crippen LogP contribution in [0.1, 0.15) is 5.56 Å². The first-order valence-electron chi connectivity index (χ1n) is 13.1. The number of nitrogens with one attached hydrogen (secondary N) is 2. The first kappa shape index (κ1) is 26.7. The average Bonchev–Trinajstić information content (AvgIpc) is 3.01. The Morgan fingerprint density at radius 1 is 0.524 bits per heavy atom. The van der Waals surface area contributed by atoms with Crippen molar-refractivity contribution in [3.63, 3.8) is 0 Å². The van der Waals surface area contributed by atoms with E-state index in [1.165, 1.54) is 5.39 Å². The molecule has 1 aromatic heterocycles. The highest BCUT2D eigenvalue weighted by molar-refractivity contribution is 6.28. The van der Waals surface area contributed by atoms with E-state index in [1.54, 1.807) is 0 Å². The molecule has 0 spiro atoms. The van der Waals surface area contributed by atoms with Gasteiger partial charge in [-0.3, -0.25) is 0 Å². The lowest BCUT2D eigenvalue weighted by atomic mass is 10.1. The van der Waals surface area contributed by atoms with Crippen molar-refractivity contribution in [3.05, 3.63) is 126 Å². The largest absolute Gasteiger partial charge is 0.324 e. The summed E-state index contributed by atoms with van der Waals surface area (Å²) in [6.07, 6.45) is 0. The van der Waals surface area contributed by atoms with Gasteiger partial charge in [0.1, 0.15) is 0 Å². The fourth-order valence-corrected chi connectivity index (χ4v) is 4.30. The van der Waals surface area contributed by atoms with Crippen molar-refractivity contribution in [3.8, 4) is 0 Å². The maximum absolute atomic E-state index is 6.21. The molecule has 10 heteroatoms.